The van der Waals surface area contributed by atoms with Crippen molar-refractivity contribution < 1.29 is 19.4 Å². The van der Waals surface area contributed by atoms with Gasteiger partial charge >= 0.3 is 5.97 Å². The number of aryl methyl sites for hydroxylation is 6. The van der Waals surface area contributed by atoms with Crippen LogP contribution >= 0.6 is 23.2 Å². The summed E-state index contributed by atoms with van der Waals surface area (Å²) in [4.78, 5) is 43.1. The number of carboxylic acids is 1. The van der Waals surface area contributed by atoms with Crippen molar-refractivity contribution in [3.8, 4) is 16.9 Å². The van der Waals surface area contributed by atoms with Crippen molar-refractivity contribution in [1.29, 1.82) is 0 Å². The molecule has 11 nitrogen and oxygen atoms in total. The number of carboxylic acid groups (broad SMARTS) is 1. The molecule has 3 aromatic carbocycles. The first-order chi connectivity index (χ1) is 27.5. The van der Waals surface area contributed by atoms with Crippen molar-refractivity contribution >= 4 is 62.7 Å². The van der Waals surface area contributed by atoms with Gasteiger partial charge in [0, 0.05) is 76.6 Å². The summed E-state index contributed by atoms with van der Waals surface area (Å²) in [6.45, 7) is 13.3. The van der Waals surface area contributed by atoms with Gasteiger partial charge in [-0.15, -0.1) is 0 Å². The van der Waals surface area contributed by atoms with E-state index in [1.54, 1.807) is 18.2 Å². The van der Waals surface area contributed by atoms with Crippen LogP contribution in [-0.2, 0) is 20.0 Å². The van der Waals surface area contributed by atoms with Crippen LogP contribution in [-0.4, -0.2) is 93.3 Å². The number of aromatic carboxylic acids is 1. The summed E-state index contributed by atoms with van der Waals surface area (Å²) in [6, 6.07) is 14.6. The van der Waals surface area contributed by atoms with Gasteiger partial charge in [0.05, 0.1) is 29.3 Å². The standard InChI is InChI=1S/C45H51Cl2N7O4/c1-25-19-32(20-26(2)41(25)47)58-18-10-11-33-34-13-14-35(46)40(39-28(4)48-37(49-29(39)5)24-51(8)17-16-50(6)7)42(34)54-27(3)23-53(44(55)43(33)54)38-22-31-21-30(45(56)57)12-15-36(31)52(38)9/h12-15,19-22,27H,10-11,16-18,23-24H2,1-9H3,(H,56,57)/t27-/m1/s1. The molecule has 0 saturated heterocycles. The van der Waals surface area contributed by atoms with Gasteiger partial charge < -0.3 is 23.9 Å². The van der Waals surface area contributed by atoms with Crippen molar-refractivity contribution in [1.82, 2.24) is 28.9 Å². The third kappa shape index (κ3) is 7.68. The number of anilines is 1. The second kappa shape index (κ2) is 16.4. The van der Waals surface area contributed by atoms with Crippen molar-refractivity contribution in [3.63, 3.8) is 0 Å². The molecule has 6 aromatic rings. The fraction of sp³-hybridized carbons (Fsp3) is 0.378. The van der Waals surface area contributed by atoms with E-state index in [2.05, 4.69) is 42.4 Å². The first-order valence-electron chi connectivity index (χ1n) is 19.6. The topological polar surface area (TPSA) is 109 Å². The van der Waals surface area contributed by atoms with Crippen LogP contribution in [0.3, 0.4) is 0 Å². The van der Waals surface area contributed by atoms with E-state index < -0.39 is 5.97 Å². The number of likely N-dealkylation sites (N-methyl/N-ethyl adjacent to an activating group) is 2. The number of ether oxygens (including phenoxy) is 1. The van der Waals surface area contributed by atoms with E-state index >= 15 is 4.79 Å². The SMILES string of the molecule is Cc1cc(OCCCc2c3n(c4c(-c5c(C)nc(CN(C)CCN(C)C)nc5C)c(Cl)ccc24)[C@H](C)CN(c2cc4cc(C(=O)O)ccc4n2C)C3=O)cc(C)c1Cl. The summed E-state index contributed by atoms with van der Waals surface area (Å²) >= 11 is 13.6. The van der Waals surface area contributed by atoms with Crippen LogP contribution in [0.4, 0.5) is 5.82 Å². The molecule has 1 atom stereocenters. The molecule has 0 saturated carbocycles. The Balaban J connectivity index is 1.34. The fourth-order valence-corrected chi connectivity index (χ4v) is 8.78. The lowest BCUT2D eigenvalue weighted by molar-refractivity contribution is 0.0696. The zero-order valence-electron chi connectivity index (χ0n) is 34.7. The fourth-order valence-electron chi connectivity index (χ4n) is 8.43. The molecule has 7 rings (SSSR count). The average Bonchev–Trinajstić information content (AvgIpc) is 3.67. The molecule has 1 N–H and O–H groups in total. The molecule has 0 fully saturated rings. The summed E-state index contributed by atoms with van der Waals surface area (Å²) in [5, 5.41) is 12.7. The Labute approximate surface area is 349 Å². The minimum absolute atomic E-state index is 0.138. The first kappa shape index (κ1) is 41.2. The van der Waals surface area contributed by atoms with Gasteiger partial charge in [0.1, 0.15) is 23.1 Å². The molecule has 1 aliphatic rings. The molecule has 0 radical (unpaired) electrons. The zero-order valence-corrected chi connectivity index (χ0v) is 36.2. The third-order valence-corrected chi connectivity index (χ3v) is 12.2. The van der Waals surface area contributed by atoms with Gasteiger partial charge in [-0.3, -0.25) is 14.6 Å². The molecule has 1 aliphatic heterocycles. The van der Waals surface area contributed by atoms with Crippen LogP contribution in [0.2, 0.25) is 10.0 Å². The molecular weight excluding hydrogens is 773 g/mol. The van der Waals surface area contributed by atoms with Crippen LogP contribution in [0.1, 0.15) is 74.1 Å². The number of benzene rings is 3. The van der Waals surface area contributed by atoms with Crippen LogP contribution in [0.5, 0.6) is 5.75 Å². The van der Waals surface area contributed by atoms with Gasteiger partial charge in [-0.1, -0.05) is 29.3 Å². The summed E-state index contributed by atoms with van der Waals surface area (Å²) in [6.07, 6.45) is 1.22. The minimum Gasteiger partial charge on any atom is -0.494 e. The highest BCUT2D eigenvalue weighted by Gasteiger charge is 2.37. The highest BCUT2D eigenvalue weighted by atomic mass is 35.5. The number of hydrogen-bond acceptors (Lipinski definition) is 7. The highest BCUT2D eigenvalue weighted by molar-refractivity contribution is 6.35. The molecule has 0 aliphatic carbocycles. The van der Waals surface area contributed by atoms with Gasteiger partial charge in [0.25, 0.3) is 5.91 Å². The Morgan fingerprint density at radius 3 is 2.29 bits per heavy atom. The molecule has 3 aromatic heterocycles. The molecule has 1 amide bonds. The minimum atomic E-state index is -0.998. The lowest BCUT2D eigenvalue weighted by Gasteiger charge is -2.34. The van der Waals surface area contributed by atoms with Crippen molar-refractivity contribution in [2.45, 2.75) is 60.0 Å². The number of nitrogens with zero attached hydrogens (tertiary/aromatic N) is 7. The van der Waals surface area contributed by atoms with E-state index in [1.165, 1.54) is 0 Å². The lowest BCUT2D eigenvalue weighted by Crippen LogP contribution is -2.43. The Morgan fingerprint density at radius 1 is 0.948 bits per heavy atom. The average molecular weight is 825 g/mol. The number of hydrogen-bond donors (Lipinski definition) is 1. The number of rotatable bonds is 13. The van der Waals surface area contributed by atoms with Gasteiger partial charge in [0.2, 0.25) is 0 Å². The summed E-state index contributed by atoms with van der Waals surface area (Å²) < 4.78 is 10.4. The molecule has 304 valence electrons. The second-order valence-electron chi connectivity index (χ2n) is 16.0. The van der Waals surface area contributed by atoms with Gasteiger partial charge in [-0.2, -0.15) is 0 Å². The van der Waals surface area contributed by atoms with E-state index in [0.29, 0.717) is 49.1 Å². The maximum absolute atomic E-state index is 15.1. The number of fused-ring (bicyclic) bond motifs is 4. The predicted molar refractivity (Wildman–Crippen MR) is 233 cm³/mol. The molecule has 0 spiro atoms. The first-order valence-corrected chi connectivity index (χ1v) is 20.4. The van der Waals surface area contributed by atoms with E-state index in [0.717, 1.165) is 90.7 Å². The van der Waals surface area contributed by atoms with Crippen molar-refractivity contribution in [2.75, 3.05) is 52.3 Å². The van der Waals surface area contributed by atoms with E-state index in [1.807, 2.05) is 74.5 Å². The largest absolute Gasteiger partial charge is 0.494 e. The molecule has 0 unspecified atom stereocenters. The molecule has 13 heteroatoms. The van der Waals surface area contributed by atoms with E-state index in [-0.39, 0.29) is 17.5 Å². The second-order valence-corrected chi connectivity index (χ2v) is 16.8. The van der Waals surface area contributed by atoms with Crippen LogP contribution < -0.4 is 9.64 Å². The Hall–Kier alpha value is -4.94. The highest BCUT2D eigenvalue weighted by Crippen LogP contribution is 2.45. The molecule has 58 heavy (non-hydrogen) atoms. The van der Waals surface area contributed by atoms with Gasteiger partial charge in [-0.25, -0.2) is 14.8 Å². The number of carbonyl (C=O) groups is 2. The maximum atomic E-state index is 15.1. The van der Waals surface area contributed by atoms with Gasteiger partial charge in [-0.05, 0) is 128 Å². The number of halogens is 2. The summed E-state index contributed by atoms with van der Waals surface area (Å²) in [7, 11) is 8.11. The van der Waals surface area contributed by atoms with Crippen molar-refractivity contribution in [3.05, 3.63) is 104 Å². The monoisotopic (exact) mass is 823 g/mol. The summed E-state index contributed by atoms with van der Waals surface area (Å²) in [5.74, 6) is 1.06. The molecule has 0 bridgehead atoms. The van der Waals surface area contributed by atoms with E-state index in [4.69, 9.17) is 37.9 Å². The number of aromatic nitrogens is 4. The van der Waals surface area contributed by atoms with Gasteiger partial charge in [0.15, 0.2) is 0 Å². The zero-order chi connectivity index (χ0) is 41.7. The van der Waals surface area contributed by atoms with Crippen LogP contribution in [0.15, 0.2) is 48.5 Å². The Bertz CT molecular complexity index is 2550. The third-order valence-electron chi connectivity index (χ3n) is 11.3. The normalized spacial score (nSPS) is 14.4. The molecular formula is C45H51Cl2N7O4. The smallest absolute Gasteiger partial charge is 0.335 e. The van der Waals surface area contributed by atoms with E-state index in [9.17, 15) is 9.90 Å². The lowest BCUT2D eigenvalue weighted by atomic mass is 9.97. The quantitative estimate of drug-likeness (QED) is 0.115. The van der Waals surface area contributed by atoms with Crippen LogP contribution in [0, 0.1) is 27.7 Å². The number of carbonyl (C=O) groups excluding carboxylic acids is 1. The Morgan fingerprint density at radius 2 is 1.64 bits per heavy atom. The Kier molecular flexibility index (Phi) is 11.6. The van der Waals surface area contributed by atoms with Crippen molar-refractivity contribution in [2.24, 2.45) is 7.05 Å². The van der Waals surface area contributed by atoms with Crippen LogP contribution in [0.25, 0.3) is 32.9 Å². The molecule has 4 heterocycles. The number of amides is 1. The summed E-state index contributed by atoms with van der Waals surface area (Å²) in [5.41, 5.74) is 8.68. The predicted octanol–water partition coefficient (Wildman–Crippen LogP) is 9.06. The maximum Gasteiger partial charge on any atom is 0.335 e.